The molecule has 4 fully saturated rings. The number of aromatic nitrogens is 12. The van der Waals surface area contributed by atoms with E-state index in [4.69, 9.17) is 39.3 Å². The highest BCUT2D eigenvalue weighted by Crippen LogP contribution is 2.32. The van der Waals surface area contributed by atoms with Crippen molar-refractivity contribution in [2.75, 3.05) is 125 Å². The Morgan fingerprint density at radius 1 is 0.483 bits per heavy atom. The number of H-pyrrole nitrogens is 1. The van der Waals surface area contributed by atoms with Crippen molar-refractivity contribution in [3.63, 3.8) is 0 Å². The number of fused-ring (bicyclic) bond motifs is 4. The van der Waals surface area contributed by atoms with Crippen LogP contribution in [0.1, 0.15) is 126 Å². The number of aryl methyl sites for hydroxylation is 8. The lowest BCUT2D eigenvalue weighted by molar-refractivity contribution is 0.0300. The number of hydrogen-bond acceptors (Lipinski definition) is 25. The lowest BCUT2D eigenvalue weighted by atomic mass is 10.0. The Morgan fingerprint density at radius 3 is 1.19 bits per heavy atom. The van der Waals surface area contributed by atoms with Crippen LogP contribution in [-0.4, -0.2) is 221 Å². The number of morpholine rings is 4. The number of rotatable bonds is 12. The summed E-state index contributed by atoms with van der Waals surface area (Å²) in [4.78, 5) is 148. The van der Waals surface area contributed by atoms with Crippen molar-refractivity contribution in [3.05, 3.63) is 192 Å². The fourth-order valence-corrected chi connectivity index (χ4v) is 12.5. The molecule has 6 N–H and O–H groups in total. The van der Waals surface area contributed by atoms with Crippen LogP contribution in [0.5, 0.6) is 11.8 Å². The molecular formula is C76H88F6N18O16. The number of ether oxygens (including phenoxy) is 6. The van der Waals surface area contributed by atoms with Crippen LogP contribution in [0.3, 0.4) is 0 Å². The summed E-state index contributed by atoms with van der Waals surface area (Å²) in [5.74, 6) is -1.76. The second-order valence-corrected chi connectivity index (χ2v) is 26.6. The number of alkyl halides is 4. The molecule has 14 rings (SSSR count). The summed E-state index contributed by atoms with van der Waals surface area (Å²) in [5, 5.41) is 16.7. The number of benzene rings is 2. The number of pyridine rings is 4. The number of halogens is 6. The standard InChI is InChI=1S/C23H24F3N5O3.C15H18N4O4.C14H16N4O4.C11H11N3O4.C9H10F3N.C4H9NO/c1-12(14-5-4-6-15(18(14)24)19(25)26)27-20-16-11-17(23(33)31-7-9-34-10-8-31)22(32)30(3)21(16)29-13(2)28-20;1-9-16-12-10(13(17-9)22-3)8-11(14(20)18(12)2)15(21)19-4-6-23-7-5-19;1-8-15-11-9(12(19)16-8)7-10(13(20)17(11)2)14(21)18-3-5-22-6-4-18;1-5-12-8-6(9(13-5)18-3)4-7(11(16)17)10(15)14(8)2;1-5(13)6-3-2-4-7(8(6)10)9(11)12;1-3-6-4-2-5-1/h4-6,11-12,19H,7-10H2,1-3H3,(H,27,28,29);8H,4-7H2,1-3H3;7H,3-6H2,1-2H3,(H,15,16,19);4H,1-3H3,(H,16,17);2-5,9H,13H2,1H3;5H,1-4H2/t12-;;;;5-;/m1...1./s1. The number of carboxylic acids is 1. The quantitative estimate of drug-likeness (QED) is 0.0927. The molecular weight excluding hydrogens is 1530 g/mol. The zero-order valence-electron chi connectivity index (χ0n) is 65.6. The second kappa shape index (κ2) is 39.4. The van der Waals surface area contributed by atoms with Gasteiger partial charge in [-0.1, -0.05) is 36.4 Å². The lowest BCUT2D eigenvalue weighted by Crippen LogP contribution is -2.43. The molecule has 40 heteroatoms. The summed E-state index contributed by atoms with van der Waals surface area (Å²) in [5.41, 5.74) is 2.99. The number of nitrogens with one attached hydrogen (secondary N) is 3. The third-order valence-electron chi connectivity index (χ3n) is 18.6. The molecule has 0 bridgehead atoms. The maximum Gasteiger partial charge on any atom is 0.341 e. The molecule has 2 atom stereocenters. The van der Waals surface area contributed by atoms with Gasteiger partial charge >= 0.3 is 5.97 Å². The first-order valence-electron chi connectivity index (χ1n) is 36.3. The lowest BCUT2D eigenvalue weighted by Gasteiger charge is -2.27. The summed E-state index contributed by atoms with van der Waals surface area (Å²) in [6, 6.07) is 11.9. The summed E-state index contributed by atoms with van der Waals surface area (Å²) in [6.45, 7) is 18.8. The van der Waals surface area contributed by atoms with Gasteiger partial charge in [0, 0.05) is 97.7 Å². The molecule has 3 amide bonds. The van der Waals surface area contributed by atoms with E-state index < -0.39 is 76.3 Å². The van der Waals surface area contributed by atoms with Gasteiger partial charge < -0.3 is 69.6 Å². The predicted octanol–water partition coefficient (Wildman–Crippen LogP) is 5.61. The Kier molecular flexibility index (Phi) is 29.9. The van der Waals surface area contributed by atoms with E-state index in [1.54, 1.807) is 63.3 Å². The van der Waals surface area contributed by atoms with Gasteiger partial charge in [0.1, 0.15) is 85.6 Å². The first-order chi connectivity index (χ1) is 55.2. The van der Waals surface area contributed by atoms with E-state index in [0.717, 1.165) is 38.4 Å². The van der Waals surface area contributed by atoms with E-state index in [1.165, 1.54) is 102 Å². The van der Waals surface area contributed by atoms with Gasteiger partial charge in [0.2, 0.25) is 11.8 Å². The van der Waals surface area contributed by atoms with Gasteiger partial charge in [-0.3, -0.25) is 56.6 Å². The van der Waals surface area contributed by atoms with Crippen LogP contribution in [-0.2, 0) is 47.1 Å². The van der Waals surface area contributed by atoms with Crippen molar-refractivity contribution in [1.29, 1.82) is 0 Å². The molecule has 620 valence electrons. The molecule has 0 spiro atoms. The second-order valence-electron chi connectivity index (χ2n) is 26.6. The molecule has 0 radical (unpaired) electrons. The van der Waals surface area contributed by atoms with Crippen molar-refractivity contribution in [3.8, 4) is 11.8 Å². The maximum atomic E-state index is 14.7. The first kappa shape index (κ1) is 88.0. The fraction of sp³-hybridized carbons (Fsp3) is 0.421. The van der Waals surface area contributed by atoms with Gasteiger partial charge in [-0.2, -0.15) is 9.97 Å². The monoisotopic (exact) mass is 1620 g/mol. The molecule has 10 aromatic rings. The van der Waals surface area contributed by atoms with Crippen molar-refractivity contribution >= 4 is 73.6 Å². The van der Waals surface area contributed by atoms with Crippen LogP contribution < -0.4 is 53.6 Å². The highest BCUT2D eigenvalue weighted by atomic mass is 19.3. The van der Waals surface area contributed by atoms with E-state index in [2.05, 4.69) is 50.5 Å². The number of aromatic carboxylic acids is 1. The summed E-state index contributed by atoms with van der Waals surface area (Å²) in [7, 11) is 8.98. The van der Waals surface area contributed by atoms with Gasteiger partial charge in [-0.25, -0.2) is 56.1 Å². The maximum absolute atomic E-state index is 14.7. The van der Waals surface area contributed by atoms with Crippen LogP contribution in [0.4, 0.5) is 32.2 Å². The van der Waals surface area contributed by atoms with E-state index in [0.29, 0.717) is 136 Å². The van der Waals surface area contributed by atoms with Gasteiger partial charge in [0.25, 0.3) is 58.4 Å². The van der Waals surface area contributed by atoms with Crippen LogP contribution in [0.2, 0.25) is 0 Å². The van der Waals surface area contributed by atoms with Crippen molar-refractivity contribution < 1.29 is 79.0 Å². The average Bonchev–Trinajstić information content (AvgIpc) is 0.775. The minimum atomic E-state index is -2.95. The third-order valence-corrected chi connectivity index (χ3v) is 18.6. The molecule has 8 aromatic heterocycles. The largest absolute Gasteiger partial charge is 0.480 e. The third kappa shape index (κ3) is 20.4. The predicted molar refractivity (Wildman–Crippen MR) is 412 cm³/mol. The first-order valence-corrected chi connectivity index (χ1v) is 36.3. The molecule has 2 aromatic carbocycles. The molecule has 0 aliphatic carbocycles. The number of nitrogens with two attached hydrogens (primary N) is 1. The summed E-state index contributed by atoms with van der Waals surface area (Å²) < 4.78 is 115. The van der Waals surface area contributed by atoms with E-state index in [9.17, 15) is 69.5 Å². The molecule has 4 aliphatic rings. The number of aromatic amines is 1. The Labute approximate surface area is 657 Å². The van der Waals surface area contributed by atoms with Crippen LogP contribution >= 0.6 is 0 Å². The molecule has 34 nitrogen and oxygen atoms in total. The fourth-order valence-electron chi connectivity index (χ4n) is 12.5. The Hall–Kier alpha value is -12.0. The average molecular weight is 1620 g/mol. The van der Waals surface area contributed by atoms with Gasteiger partial charge in [0.05, 0.1) is 106 Å². The number of carbonyl (C=O) groups is 4. The Morgan fingerprint density at radius 2 is 0.819 bits per heavy atom. The van der Waals surface area contributed by atoms with E-state index in [1.807, 2.05) is 0 Å². The molecule has 4 saturated heterocycles. The Bertz CT molecular complexity index is 5590. The molecule has 116 heavy (non-hydrogen) atoms. The number of carbonyl (C=O) groups excluding carboxylic acids is 3. The van der Waals surface area contributed by atoms with Gasteiger partial charge in [0.15, 0.2) is 0 Å². The van der Waals surface area contributed by atoms with Crippen molar-refractivity contribution in [1.82, 2.24) is 78.2 Å². The number of anilines is 1. The number of nitrogens with zero attached hydrogens (tertiary/aromatic N) is 14. The number of methoxy groups -OCH3 is 2. The Balaban J connectivity index is 0.000000167. The van der Waals surface area contributed by atoms with Crippen LogP contribution in [0.25, 0.3) is 44.1 Å². The number of hydrogen-bond donors (Lipinski definition) is 5. The molecule has 4 aliphatic heterocycles. The van der Waals surface area contributed by atoms with Crippen LogP contribution in [0.15, 0.2) is 84.6 Å². The topological polar surface area (TPSA) is 415 Å². The highest BCUT2D eigenvalue weighted by molar-refractivity contribution is 6.00. The highest BCUT2D eigenvalue weighted by Gasteiger charge is 2.30. The van der Waals surface area contributed by atoms with E-state index in [-0.39, 0.29) is 84.7 Å². The zero-order valence-corrected chi connectivity index (χ0v) is 65.6. The minimum Gasteiger partial charge on any atom is -0.480 e. The van der Waals surface area contributed by atoms with E-state index >= 15 is 0 Å². The SMILES string of the molecule is C1COCCN1.COc1nc(C)nc2c1cc(C(=O)N1CCOCC1)c(=O)n2C.COc1nc(C)nc2c1cc(C(=O)O)c(=O)n2C.C[C@@H](N)c1cccc(C(F)F)c1F.Cc1nc(N[C@H](C)c2cccc(C(F)F)c2F)c2cc(C(=O)N3CCOCC3)c(=O)n(C)c2n1.Cc1nc2c(cc(C(=O)N3CCOCC3)c(=O)n2C)c(=O)[nH]1. The van der Waals surface area contributed by atoms with Gasteiger partial charge in [-0.05, 0) is 65.8 Å². The molecule has 12 heterocycles. The molecule has 0 unspecified atom stereocenters. The molecule has 0 saturated carbocycles. The number of carboxylic acid groups (broad SMARTS) is 1. The van der Waals surface area contributed by atoms with Crippen molar-refractivity contribution in [2.24, 2.45) is 33.9 Å². The smallest absolute Gasteiger partial charge is 0.341 e. The summed E-state index contributed by atoms with van der Waals surface area (Å²) in [6.07, 6.45) is -5.74. The van der Waals surface area contributed by atoms with Gasteiger partial charge in [-0.15, -0.1) is 0 Å². The summed E-state index contributed by atoms with van der Waals surface area (Å²) >= 11 is 0. The minimum absolute atomic E-state index is 0.0203. The normalized spacial score (nSPS) is 14.7. The van der Waals surface area contributed by atoms with Crippen LogP contribution in [0, 0.1) is 39.3 Å². The number of amides is 3. The van der Waals surface area contributed by atoms with Crippen molar-refractivity contribution in [2.45, 2.75) is 66.5 Å². The zero-order chi connectivity index (χ0) is 84.7.